The van der Waals surface area contributed by atoms with Gasteiger partial charge in [-0.15, -0.1) is 0 Å². The van der Waals surface area contributed by atoms with Crippen LogP contribution >= 0.6 is 0 Å². The minimum Gasteiger partial charge on any atom is -0.493 e. The summed E-state index contributed by atoms with van der Waals surface area (Å²) in [5.74, 6) is 1.11. The number of nitrogens with zero attached hydrogens (tertiary/aromatic N) is 2. The predicted octanol–water partition coefficient (Wildman–Crippen LogP) is 4.88. The number of amides is 1. The summed E-state index contributed by atoms with van der Waals surface area (Å²) in [5, 5.41) is 12.4. The molecular formula is C28H31N3O3. The van der Waals surface area contributed by atoms with Crippen molar-refractivity contribution in [3.05, 3.63) is 83.4 Å². The largest absolute Gasteiger partial charge is 0.493 e. The van der Waals surface area contributed by atoms with Crippen LogP contribution in [0.25, 0.3) is 11.1 Å². The fraction of sp³-hybridized carbons (Fsp3) is 0.286. The Hall–Kier alpha value is -3.82. The normalized spacial score (nSPS) is 10.6. The summed E-state index contributed by atoms with van der Waals surface area (Å²) in [6.07, 6.45) is 0. The van der Waals surface area contributed by atoms with Crippen LogP contribution in [0.4, 0.5) is 0 Å². The minimum absolute atomic E-state index is 0.207. The average molecular weight is 458 g/mol. The summed E-state index contributed by atoms with van der Waals surface area (Å²) in [4.78, 5) is 15.3. The highest BCUT2D eigenvalue weighted by Gasteiger charge is 2.15. The van der Waals surface area contributed by atoms with Crippen LogP contribution < -0.4 is 14.8 Å². The Morgan fingerprint density at radius 2 is 1.68 bits per heavy atom. The molecule has 0 fully saturated rings. The molecule has 176 valence electrons. The number of nitriles is 1. The predicted molar refractivity (Wildman–Crippen MR) is 134 cm³/mol. The van der Waals surface area contributed by atoms with E-state index in [4.69, 9.17) is 9.47 Å². The zero-order valence-corrected chi connectivity index (χ0v) is 20.0. The molecular weight excluding hydrogens is 426 g/mol. The molecule has 0 aliphatic rings. The Labute approximate surface area is 201 Å². The number of rotatable bonds is 11. The van der Waals surface area contributed by atoms with Gasteiger partial charge in [0.05, 0.1) is 18.7 Å². The van der Waals surface area contributed by atoms with E-state index in [0.717, 1.165) is 36.3 Å². The fourth-order valence-electron chi connectivity index (χ4n) is 3.77. The summed E-state index contributed by atoms with van der Waals surface area (Å²) in [6, 6.07) is 22.5. The molecule has 0 aliphatic carbocycles. The van der Waals surface area contributed by atoms with E-state index in [1.165, 1.54) is 0 Å². The second kappa shape index (κ2) is 12.4. The molecule has 0 aromatic heterocycles. The molecule has 0 radical (unpaired) electrons. The molecule has 0 aliphatic heterocycles. The quantitative estimate of drug-likeness (QED) is 0.444. The van der Waals surface area contributed by atoms with Crippen LogP contribution in [0.2, 0.25) is 0 Å². The third-order valence-corrected chi connectivity index (χ3v) is 5.75. The van der Waals surface area contributed by atoms with Gasteiger partial charge in [0.25, 0.3) is 5.91 Å². The van der Waals surface area contributed by atoms with E-state index in [1.807, 2.05) is 54.6 Å². The number of benzene rings is 3. The monoisotopic (exact) mass is 457 g/mol. The molecule has 3 aromatic carbocycles. The Kier molecular flexibility index (Phi) is 9.07. The first kappa shape index (κ1) is 24.8. The van der Waals surface area contributed by atoms with Gasteiger partial charge in [-0.25, -0.2) is 0 Å². The number of hydrogen-bond acceptors (Lipinski definition) is 5. The van der Waals surface area contributed by atoms with E-state index in [0.29, 0.717) is 35.8 Å². The maximum atomic E-state index is 13.0. The van der Waals surface area contributed by atoms with E-state index >= 15 is 0 Å². The molecule has 1 amide bonds. The first-order valence-electron chi connectivity index (χ1n) is 11.5. The zero-order valence-electron chi connectivity index (χ0n) is 20.0. The molecule has 0 atom stereocenters. The number of likely N-dealkylation sites (N-methyl/N-ethyl adjacent to an activating group) is 1. The molecule has 3 rings (SSSR count). The topological polar surface area (TPSA) is 74.6 Å². The highest BCUT2D eigenvalue weighted by atomic mass is 16.5. The van der Waals surface area contributed by atoms with Crippen LogP contribution in [-0.4, -0.2) is 44.2 Å². The Morgan fingerprint density at radius 1 is 0.971 bits per heavy atom. The van der Waals surface area contributed by atoms with Crippen molar-refractivity contribution in [1.82, 2.24) is 10.2 Å². The molecule has 6 nitrogen and oxygen atoms in total. The number of nitrogens with one attached hydrogen (secondary N) is 1. The van der Waals surface area contributed by atoms with Gasteiger partial charge in [-0.1, -0.05) is 56.3 Å². The second-order valence-corrected chi connectivity index (χ2v) is 7.75. The molecule has 1 N–H and O–H groups in total. The third kappa shape index (κ3) is 6.15. The summed E-state index contributed by atoms with van der Waals surface area (Å²) < 4.78 is 11.4. The Morgan fingerprint density at radius 3 is 2.38 bits per heavy atom. The van der Waals surface area contributed by atoms with E-state index in [2.05, 4.69) is 30.1 Å². The van der Waals surface area contributed by atoms with Gasteiger partial charge in [0.1, 0.15) is 6.61 Å². The second-order valence-electron chi connectivity index (χ2n) is 7.75. The molecule has 34 heavy (non-hydrogen) atoms. The third-order valence-electron chi connectivity index (χ3n) is 5.75. The van der Waals surface area contributed by atoms with Crippen molar-refractivity contribution in [2.75, 3.05) is 33.4 Å². The molecule has 6 heteroatoms. The Bertz CT molecular complexity index is 1150. The van der Waals surface area contributed by atoms with Gasteiger partial charge >= 0.3 is 0 Å². The first-order chi connectivity index (χ1) is 16.6. The van der Waals surface area contributed by atoms with Crippen molar-refractivity contribution >= 4 is 5.91 Å². The van der Waals surface area contributed by atoms with Gasteiger partial charge in [-0.3, -0.25) is 4.79 Å². The van der Waals surface area contributed by atoms with Crippen LogP contribution in [0.5, 0.6) is 11.5 Å². The van der Waals surface area contributed by atoms with Crippen molar-refractivity contribution in [1.29, 1.82) is 5.26 Å². The standard InChI is InChI=1S/C28H31N3O3/c1-4-31(5-2)16-17-34-26-15-14-21(18-27(26)33-3)20-30-28(32)25-13-9-8-12-24(25)23-11-7-6-10-22(23)19-29/h6-15,18H,4-5,16-17,20H2,1-3H3,(H,30,32). The number of ether oxygens (including phenoxy) is 2. The molecule has 3 aromatic rings. The smallest absolute Gasteiger partial charge is 0.252 e. The molecule has 0 saturated heterocycles. The zero-order chi connectivity index (χ0) is 24.3. The van der Waals surface area contributed by atoms with Crippen molar-refractivity contribution in [3.63, 3.8) is 0 Å². The van der Waals surface area contributed by atoms with Gasteiger partial charge in [-0.05, 0) is 48.5 Å². The number of methoxy groups -OCH3 is 1. The van der Waals surface area contributed by atoms with Crippen LogP contribution in [0.15, 0.2) is 66.7 Å². The van der Waals surface area contributed by atoms with Crippen molar-refractivity contribution in [2.45, 2.75) is 20.4 Å². The SMILES string of the molecule is CCN(CC)CCOc1ccc(CNC(=O)c2ccccc2-c2ccccc2C#N)cc1OC. The maximum absolute atomic E-state index is 13.0. The van der Waals surface area contributed by atoms with Gasteiger partial charge in [0.2, 0.25) is 0 Å². The van der Waals surface area contributed by atoms with Crippen molar-refractivity contribution in [3.8, 4) is 28.7 Å². The first-order valence-corrected chi connectivity index (χ1v) is 11.5. The van der Waals surface area contributed by atoms with Gasteiger partial charge in [0.15, 0.2) is 11.5 Å². The average Bonchev–Trinajstić information content (AvgIpc) is 2.90. The lowest BCUT2D eigenvalue weighted by Gasteiger charge is -2.19. The van der Waals surface area contributed by atoms with E-state index in [9.17, 15) is 10.1 Å². The van der Waals surface area contributed by atoms with Crippen LogP contribution in [0.1, 0.15) is 35.3 Å². The van der Waals surface area contributed by atoms with Crippen LogP contribution in [0, 0.1) is 11.3 Å². The maximum Gasteiger partial charge on any atom is 0.252 e. The highest BCUT2D eigenvalue weighted by Crippen LogP contribution is 2.29. The number of carbonyl (C=O) groups excluding carboxylic acids is 1. The van der Waals surface area contributed by atoms with Crippen molar-refractivity contribution in [2.24, 2.45) is 0 Å². The Balaban J connectivity index is 1.69. The summed E-state index contributed by atoms with van der Waals surface area (Å²) >= 11 is 0. The number of hydrogen-bond donors (Lipinski definition) is 1. The van der Waals surface area contributed by atoms with E-state index in [-0.39, 0.29) is 5.91 Å². The molecule has 0 unspecified atom stereocenters. The van der Waals surface area contributed by atoms with Gasteiger partial charge in [-0.2, -0.15) is 5.26 Å². The van der Waals surface area contributed by atoms with Crippen molar-refractivity contribution < 1.29 is 14.3 Å². The lowest BCUT2D eigenvalue weighted by atomic mass is 9.95. The molecule has 0 bridgehead atoms. The lowest BCUT2D eigenvalue weighted by Crippen LogP contribution is -2.28. The summed E-state index contributed by atoms with van der Waals surface area (Å²) in [5.41, 5.74) is 3.42. The highest BCUT2D eigenvalue weighted by molar-refractivity contribution is 6.01. The van der Waals surface area contributed by atoms with Crippen LogP contribution in [0.3, 0.4) is 0 Å². The molecule has 0 saturated carbocycles. The molecule has 0 spiro atoms. The fourth-order valence-corrected chi connectivity index (χ4v) is 3.77. The number of carbonyl (C=O) groups is 1. The van der Waals surface area contributed by atoms with E-state index in [1.54, 1.807) is 19.2 Å². The van der Waals surface area contributed by atoms with Crippen LogP contribution in [-0.2, 0) is 6.54 Å². The molecule has 0 heterocycles. The lowest BCUT2D eigenvalue weighted by molar-refractivity contribution is 0.0951. The van der Waals surface area contributed by atoms with E-state index < -0.39 is 0 Å². The minimum atomic E-state index is -0.207. The van der Waals surface area contributed by atoms with Gasteiger partial charge < -0.3 is 19.7 Å². The van der Waals surface area contributed by atoms with Gasteiger partial charge in [0, 0.05) is 24.2 Å². The summed E-state index contributed by atoms with van der Waals surface area (Å²) in [7, 11) is 1.61. The summed E-state index contributed by atoms with van der Waals surface area (Å²) in [6.45, 7) is 8.00.